The molecule has 0 unspecified atom stereocenters. The first-order valence-corrected chi connectivity index (χ1v) is 12.0. The smallest absolute Gasteiger partial charge is 0.243 e. The molecule has 32 heavy (non-hydrogen) atoms. The van der Waals surface area contributed by atoms with E-state index in [1.54, 1.807) is 48.5 Å². The van der Waals surface area contributed by atoms with Crippen LogP contribution < -0.4 is 15.4 Å². The van der Waals surface area contributed by atoms with E-state index in [0.29, 0.717) is 28.8 Å². The van der Waals surface area contributed by atoms with E-state index in [1.807, 2.05) is 20.8 Å². The number of amides is 1. The number of rotatable bonds is 8. The van der Waals surface area contributed by atoms with Crippen LogP contribution >= 0.6 is 11.6 Å². The van der Waals surface area contributed by atoms with Crippen LogP contribution in [-0.2, 0) is 14.6 Å². The molecule has 0 aliphatic carbocycles. The Morgan fingerprint density at radius 1 is 1.00 bits per heavy atom. The summed E-state index contributed by atoms with van der Waals surface area (Å²) in [4.78, 5) is 12.7. The molecule has 3 aromatic carbocycles. The van der Waals surface area contributed by atoms with Crippen LogP contribution in [0.4, 0.5) is 11.4 Å². The van der Waals surface area contributed by atoms with E-state index < -0.39 is 9.84 Å². The highest BCUT2D eigenvalue weighted by molar-refractivity contribution is 7.91. The number of carbonyl (C=O) groups is 1. The zero-order valence-corrected chi connectivity index (χ0v) is 19.7. The van der Waals surface area contributed by atoms with Gasteiger partial charge in [-0.25, -0.2) is 8.42 Å². The molecule has 0 spiro atoms. The average Bonchev–Trinajstić information content (AvgIpc) is 2.76. The van der Waals surface area contributed by atoms with E-state index >= 15 is 0 Å². The van der Waals surface area contributed by atoms with E-state index in [-0.39, 0.29) is 22.2 Å². The molecular weight excluding hydrogens is 448 g/mol. The van der Waals surface area contributed by atoms with Crippen molar-refractivity contribution in [2.24, 2.45) is 0 Å². The van der Waals surface area contributed by atoms with Gasteiger partial charge in [-0.3, -0.25) is 4.79 Å². The molecule has 3 aromatic rings. The van der Waals surface area contributed by atoms with Gasteiger partial charge in [-0.05, 0) is 80.4 Å². The highest BCUT2D eigenvalue weighted by Gasteiger charge is 2.22. The molecule has 0 atom stereocenters. The summed E-state index contributed by atoms with van der Waals surface area (Å²) in [6.45, 7) is 5.87. The maximum Gasteiger partial charge on any atom is 0.243 e. The molecule has 8 heteroatoms. The van der Waals surface area contributed by atoms with Crippen molar-refractivity contribution >= 4 is 38.7 Å². The van der Waals surface area contributed by atoms with Crippen LogP contribution in [0.15, 0.2) is 70.5 Å². The molecule has 2 N–H and O–H groups in total. The third-order valence-corrected chi connectivity index (χ3v) is 7.07. The van der Waals surface area contributed by atoms with E-state index in [9.17, 15) is 13.2 Å². The number of halogens is 1. The number of benzene rings is 3. The Hall–Kier alpha value is -3.03. The molecule has 0 aliphatic heterocycles. The lowest BCUT2D eigenvalue weighted by molar-refractivity contribution is -0.114. The lowest BCUT2D eigenvalue weighted by atomic mass is 10.2. The first-order chi connectivity index (χ1) is 15.2. The Morgan fingerprint density at radius 2 is 1.72 bits per heavy atom. The number of anilines is 2. The van der Waals surface area contributed by atoms with Gasteiger partial charge in [0.25, 0.3) is 0 Å². The topological polar surface area (TPSA) is 84.5 Å². The molecule has 1 amide bonds. The fraction of sp³-hybridized carbons (Fsp3) is 0.208. The van der Waals surface area contributed by atoms with Gasteiger partial charge in [0, 0.05) is 10.7 Å². The molecule has 0 radical (unpaired) electrons. The van der Waals surface area contributed by atoms with Gasteiger partial charge < -0.3 is 15.4 Å². The summed E-state index contributed by atoms with van der Waals surface area (Å²) < 4.78 is 32.0. The Bertz CT molecular complexity index is 1230. The molecule has 3 rings (SSSR count). The van der Waals surface area contributed by atoms with Crippen LogP contribution in [0.1, 0.15) is 18.1 Å². The summed E-state index contributed by atoms with van der Waals surface area (Å²) in [5.74, 6) is 0.280. The van der Waals surface area contributed by atoms with Crippen LogP contribution in [-0.4, -0.2) is 27.5 Å². The molecule has 0 fully saturated rings. The van der Waals surface area contributed by atoms with E-state index in [2.05, 4.69) is 10.6 Å². The van der Waals surface area contributed by atoms with Gasteiger partial charge in [-0.2, -0.15) is 0 Å². The minimum absolute atomic E-state index is 0.105. The number of sulfone groups is 1. The molecule has 0 aliphatic rings. The second-order valence-corrected chi connectivity index (χ2v) is 9.55. The van der Waals surface area contributed by atoms with Crippen LogP contribution in [0.25, 0.3) is 0 Å². The average molecular weight is 473 g/mol. The molecule has 168 valence electrons. The predicted molar refractivity (Wildman–Crippen MR) is 128 cm³/mol. The lowest BCUT2D eigenvalue weighted by Crippen LogP contribution is -2.23. The summed E-state index contributed by atoms with van der Waals surface area (Å²) in [6.07, 6.45) is 0. The van der Waals surface area contributed by atoms with Crippen molar-refractivity contribution in [1.82, 2.24) is 0 Å². The normalized spacial score (nSPS) is 11.1. The third-order valence-electron chi connectivity index (χ3n) is 4.85. The number of carbonyl (C=O) groups excluding carboxylic acids is 1. The maximum atomic E-state index is 13.3. The van der Waals surface area contributed by atoms with Crippen molar-refractivity contribution in [3.05, 3.63) is 76.8 Å². The summed E-state index contributed by atoms with van der Waals surface area (Å²) >= 11 is 6.10. The Balaban J connectivity index is 1.81. The summed E-state index contributed by atoms with van der Waals surface area (Å²) in [5, 5.41) is 6.30. The van der Waals surface area contributed by atoms with Gasteiger partial charge in [0.1, 0.15) is 5.75 Å². The second kappa shape index (κ2) is 10.1. The molecule has 0 bridgehead atoms. The van der Waals surface area contributed by atoms with Crippen LogP contribution in [0.3, 0.4) is 0 Å². The first-order valence-electron chi connectivity index (χ1n) is 10.1. The monoisotopic (exact) mass is 472 g/mol. The van der Waals surface area contributed by atoms with Gasteiger partial charge in [-0.1, -0.05) is 23.7 Å². The zero-order valence-electron chi connectivity index (χ0n) is 18.1. The highest BCUT2D eigenvalue weighted by Crippen LogP contribution is 2.30. The standard InChI is InChI=1S/C24H25ClN2O4S/c1-4-31-18-9-11-19(12-10-18)32(29,30)23-14-16(2)8-13-22(23)26-15-24(28)27-21-7-5-6-20(25)17(21)3/h5-14,26H,4,15H2,1-3H3,(H,27,28). The Labute approximate surface area is 193 Å². The Morgan fingerprint density at radius 3 is 2.41 bits per heavy atom. The summed E-state index contributed by atoms with van der Waals surface area (Å²) in [6, 6.07) is 16.6. The third kappa shape index (κ3) is 5.41. The number of ether oxygens (including phenoxy) is 1. The van der Waals surface area contributed by atoms with Gasteiger partial charge in [-0.15, -0.1) is 0 Å². The van der Waals surface area contributed by atoms with Crippen LogP contribution in [0.5, 0.6) is 5.75 Å². The lowest BCUT2D eigenvalue weighted by Gasteiger charge is -2.15. The SMILES string of the molecule is CCOc1ccc(S(=O)(=O)c2cc(C)ccc2NCC(=O)Nc2cccc(Cl)c2C)cc1. The highest BCUT2D eigenvalue weighted by atomic mass is 35.5. The van der Waals surface area contributed by atoms with E-state index in [0.717, 1.165) is 11.1 Å². The van der Waals surface area contributed by atoms with Crippen molar-refractivity contribution < 1.29 is 17.9 Å². The molecule has 0 aromatic heterocycles. The minimum Gasteiger partial charge on any atom is -0.494 e. The van der Waals surface area contributed by atoms with Crippen molar-refractivity contribution in [2.75, 3.05) is 23.8 Å². The second-order valence-electron chi connectivity index (χ2n) is 7.22. The fourth-order valence-corrected chi connectivity index (χ4v) is 4.81. The van der Waals surface area contributed by atoms with Gasteiger partial charge >= 0.3 is 0 Å². The largest absolute Gasteiger partial charge is 0.494 e. The number of hydrogen-bond acceptors (Lipinski definition) is 5. The van der Waals surface area contributed by atoms with Crippen molar-refractivity contribution in [1.29, 1.82) is 0 Å². The van der Waals surface area contributed by atoms with Crippen molar-refractivity contribution in [2.45, 2.75) is 30.6 Å². The van der Waals surface area contributed by atoms with E-state index in [4.69, 9.17) is 16.3 Å². The van der Waals surface area contributed by atoms with Gasteiger partial charge in [0.15, 0.2) is 0 Å². The van der Waals surface area contributed by atoms with E-state index in [1.165, 1.54) is 12.1 Å². The van der Waals surface area contributed by atoms with Crippen molar-refractivity contribution in [3.63, 3.8) is 0 Å². The maximum absolute atomic E-state index is 13.3. The molecular formula is C24H25ClN2O4S. The van der Waals surface area contributed by atoms with Gasteiger partial charge in [0.2, 0.25) is 15.7 Å². The van der Waals surface area contributed by atoms with Gasteiger partial charge in [0.05, 0.1) is 28.6 Å². The predicted octanol–water partition coefficient (Wildman–Crippen LogP) is 5.24. The van der Waals surface area contributed by atoms with Crippen LogP contribution in [0, 0.1) is 13.8 Å². The molecule has 0 saturated carbocycles. The van der Waals surface area contributed by atoms with Crippen molar-refractivity contribution in [3.8, 4) is 5.75 Å². The molecule has 6 nitrogen and oxygen atoms in total. The zero-order chi connectivity index (χ0) is 23.3. The summed E-state index contributed by atoms with van der Waals surface area (Å²) in [7, 11) is -3.81. The quantitative estimate of drug-likeness (QED) is 0.468. The molecule has 0 heterocycles. The molecule has 0 saturated heterocycles. The van der Waals surface area contributed by atoms with Crippen LogP contribution in [0.2, 0.25) is 5.02 Å². The number of hydrogen-bond donors (Lipinski definition) is 2. The number of aryl methyl sites for hydroxylation is 1. The summed E-state index contributed by atoms with van der Waals surface area (Å²) in [5.41, 5.74) is 2.51. The fourth-order valence-electron chi connectivity index (χ4n) is 3.12. The number of nitrogens with one attached hydrogen (secondary N) is 2. The minimum atomic E-state index is -3.81. The first kappa shape index (κ1) is 23.6. The Kier molecular flexibility index (Phi) is 7.43.